The average molecular weight is 245 g/mol. The normalized spacial score (nSPS) is 10.8. The molecule has 2 aromatic rings. The Bertz CT molecular complexity index is 536. The number of fused-ring (bicyclic) bond motifs is 1. The second kappa shape index (κ2) is 3.72. The van der Waals surface area contributed by atoms with Crippen molar-refractivity contribution < 1.29 is 9.90 Å². The molecule has 2 rings (SSSR count). The molecule has 0 unspecified atom stereocenters. The van der Waals surface area contributed by atoms with E-state index in [0.29, 0.717) is 21.1 Å². The molecule has 4 nitrogen and oxygen atoms in total. The number of carboxylic acid groups (broad SMARTS) is 1. The van der Waals surface area contributed by atoms with Crippen molar-refractivity contribution in [1.82, 2.24) is 9.78 Å². The number of halogens is 2. The van der Waals surface area contributed by atoms with Gasteiger partial charge in [-0.25, -0.2) is 4.68 Å². The van der Waals surface area contributed by atoms with Gasteiger partial charge in [0.05, 0.1) is 5.52 Å². The van der Waals surface area contributed by atoms with Crippen molar-refractivity contribution in [3.05, 3.63) is 28.4 Å². The largest absolute Gasteiger partial charge is 0.480 e. The summed E-state index contributed by atoms with van der Waals surface area (Å²) >= 11 is 11.7. The molecule has 1 aromatic carbocycles. The smallest absolute Gasteiger partial charge is 0.325 e. The fourth-order valence-corrected chi connectivity index (χ4v) is 1.73. The molecule has 0 aliphatic heterocycles. The zero-order valence-corrected chi connectivity index (χ0v) is 8.96. The first-order chi connectivity index (χ1) is 7.08. The lowest BCUT2D eigenvalue weighted by atomic mass is 10.3. The highest BCUT2D eigenvalue weighted by atomic mass is 35.5. The van der Waals surface area contributed by atoms with Crippen LogP contribution in [-0.2, 0) is 11.3 Å². The van der Waals surface area contributed by atoms with Crippen LogP contribution in [0.15, 0.2) is 18.2 Å². The highest BCUT2D eigenvalue weighted by Gasteiger charge is 2.11. The van der Waals surface area contributed by atoms with E-state index < -0.39 is 5.97 Å². The number of rotatable bonds is 2. The lowest BCUT2D eigenvalue weighted by molar-refractivity contribution is -0.137. The maximum absolute atomic E-state index is 10.5. The number of hydrogen-bond donors (Lipinski definition) is 1. The minimum atomic E-state index is -0.990. The number of aromatic nitrogens is 2. The Morgan fingerprint density at radius 2 is 2.20 bits per heavy atom. The van der Waals surface area contributed by atoms with Crippen LogP contribution >= 0.6 is 23.2 Å². The van der Waals surface area contributed by atoms with E-state index in [1.807, 2.05) is 0 Å². The number of aliphatic carboxylic acids is 1. The van der Waals surface area contributed by atoms with Crippen LogP contribution in [0.5, 0.6) is 0 Å². The lowest BCUT2D eigenvalue weighted by Gasteiger charge is -1.96. The summed E-state index contributed by atoms with van der Waals surface area (Å²) < 4.78 is 1.23. The highest BCUT2D eigenvalue weighted by Crippen LogP contribution is 2.25. The predicted molar refractivity (Wildman–Crippen MR) is 57.4 cm³/mol. The van der Waals surface area contributed by atoms with Crippen LogP contribution in [0.1, 0.15) is 0 Å². The summed E-state index contributed by atoms with van der Waals surface area (Å²) in [6.07, 6.45) is 0. The average Bonchev–Trinajstić information content (AvgIpc) is 2.42. The van der Waals surface area contributed by atoms with Crippen molar-refractivity contribution in [2.75, 3.05) is 0 Å². The molecule has 78 valence electrons. The molecule has 0 atom stereocenters. The van der Waals surface area contributed by atoms with Gasteiger partial charge in [-0.3, -0.25) is 4.79 Å². The van der Waals surface area contributed by atoms with Gasteiger partial charge >= 0.3 is 5.97 Å². The van der Waals surface area contributed by atoms with Crippen LogP contribution in [0.25, 0.3) is 10.9 Å². The third kappa shape index (κ3) is 1.91. The maximum atomic E-state index is 10.5. The molecule has 0 aliphatic rings. The molecule has 0 bridgehead atoms. The standard InChI is InChI=1S/C9H6Cl2N2O2/c10-5-1-2-6-7(3-5)12-13(9(6)11)4-8(14)15/h1-3H,4H2,(H,14,15). The molecule has 0 saturated carbocycles. The summed E-state index contributed by atoms with van der Waals surface area (Å²) in [5, 5.41) is 14.2. The Hall–Kier alpha value is -1.26. The van der Waals surface area contributed by atoms with Gasteiger partial charge in [-0.1, -0.05) is 23.2 Å². The van der Waals surface area contributed by atoms with E-state index in [1.54, 1.807) is 18.2 Å². The molecule has 1 heterocycles. The number of carbonyl (C=O) groups is 1. The Kier molecular flexibility index (Phi) is 2.54. The van der Waals surface area contributed by atoms with Crippen molar-refractivity contribution in [1.29, 1.82) is 0 Å². The molecule has 0 aliphatic carbocycles. The molecular weight excluding hydrogens is 239 g/mol. The molecule has 0 fully saturated rings. The van der Waals surface area contributed by atoms with E-state index in [0.717, 1.165) is 0 Å². The van der Waals surface area contributed by atoms with Crippen molar-refractivity contribution in [3.63, 3.8) is 0 Å². The molecule has 0 spiro atoms. The predicted octanol–water partition coefficient (Wildman–Crippen LogP) is 2.43. The zero-order valence-electron chi connectivity index (χ0n) is 7.44. The Labute approximate surface area is 95.0 Å². The van der Waals surface area contributed by atoms with Gasteiger partial charge < -0.3 is 5.11 Å². The molecule has 0 saturated heterocycles. The third-order valence-corrected chi connectivity index (χ3v) is 2.56. The second-order valence-corrected chi connectivity index (χ2v) is 3.80. The van der Waals surface area contributed by atoms with Gasteiger partial charge in [-0.15, -0.1) is 0 Å². The SMILES string of the molecule is O=C(O)Cn1nc2cc(Cl)ccc2c1Cl. The second-order valence-electron chi connectivity index (χ2n) is 3.00. The van der Waals surface area contributed by atoms with Gasteiger partial charge in [0.15, 0.2) is 0 Å². The maximum Gasteiger partial charge on any atom is 0.325 e. The highest BCUT2D eigenvalue weighted by molar-refractivity contribution is 6.35. The van der Waals surface area contributed by atoms with Gasteiger partial charge in [-0.2, -0.15) is 5.10 Å². The monoisotopic (exact) mass is 244 g/mol. The fourth-order valence-electron chi connectivity index (χ4n) is 1.31. The number of hydrogen-bond acceptors (Lipinski definition) is 2. The summed E-state index contributed by atoms with van der Waals surface area (Å²) in [4.78, 5) is 10.5. The topological polar surface area (TPSA) is 55.1 Å². The van der Waals surface area contributed by atoms with Crippen molar-refractivity contribution in [3.8, 4) is 0 Å². The quantitative estimate of drug-likeness (QED) is 0.883. The molecular formula is C9H6Cl2N2O2. The Morgan fingerprint density at radius 3 is 2.87 bits per heavy atom. The van der Waals surface area contributed by atoms with Crippen LogP contribution in [0.2, 0.25) is 10.2 Å². The number of benzene rings is 1. The molecule has 0 radical (unpaired) electrons. The van der Waals surface area contributed by atoms with Gasteiger partial charge in [0.2, 0.25) is 0 Å². The Morgan fingerprint density at radius 1 is 1.47 bits per heavy atom. The first kappa shape index (κ1) is 10.3. The van der Waals surface area contributed by atoms with Gasteiger partial charge in [0.25, 0.3) is 0 Å². The van der Waals surface area contributed by atoms with Crippen molar-refractivity contribution in [2.45, 2.75) is 6.54 Å². The number of nitrogens with zero attached hydrogens (tertiary/aromatic N) is 2. The van der Waals surface area contributed by atoms with Gasteiger partial charge in [0, 0.05) is 10.4 Å². The summed E-state index contributed by atoms with van der Waals surface area (Å²) in [6, 6.07) is 5.04. The van der Waals surface area contributed by atoms with E-state index in [-0.39, 0.29) is 6.54 Å². The molecule has 0 amide bonds. The van der Waals surface area contributed by atoms with E-state index in [4.69, 9.17) is 28.3 Å². The first-order valence-electron chi connectivity index (χ1n) is 4.11. The van der Waals surface area contributed by atoms with E-state index in [1.165, 1.54) is 4.68 Å². The Balaban J connectivity index is 2.58. The van der Waals surface area contributed by atoms with E-state index in [9.17, 15) is 4.79 Å². The molecule has 1 aromatic heterocycles. The minimum Gasteiger partial charge on any atom is -0.480 e. The summed E-state index contributed by atoms with van der Waals surface area (Å²) in [7, 11) is 0. The van der Waals surface area contributed by atoms with E-state index in [2.05, 4.69) is 5.10 Å². The minimum absolute atomic E-state index is 0.259. The van der Waals surface area contributed by atoms with Crippen LogP contribution in [0, 0.1) is 0 Å². The van der Waals surface area contributed by atoms with Gasteiger partial charge in [0.1, 0.15) is 11.7 Å². The molecule has 6 heteroatoms. The van der Waals surface area contributed by atoms with Gasteiger partial charge in [-0.05, 0) is 18.2 Å². The summed E-state index contributed by atoms with van der Waals surface area (Å²) in [5.74, 6) is -0.990. The van der Waals surface area contributed by atoms with E-state index >= 15 is 0 Å². The lowest BCUT2D eigenvalue weighted by Crippen LogP contribution is -2.09. The van der Waals surface area contributed by atoms with Crippen LogP contribution in [-0.4, -0.2) is 20.9 Å². The summed E-state index contributed by atoms with van der Waals surface area (Å²) in [6.45, 7) is -0.259. The zero-order chi connectivity index (χ0) is 11.0. The first-order valence-corrected chi connectivity index (χ1v) is 4.87. The fraction of sp³-hybridized carbons (Fsp3) is 0.111. The van der Waals surface area contributed by atoms with Crippen molar-refractivity contribution >= 4 is 40.1 Å². The number of carboxylic acids is 1. The van der Waals surface area contributed by atoms with Crippen LogP contribution < -0.4 is 0 Å². The van der Waals surface area contributed by atoms with Crippen LogP contribution in [0.4, 0.5) is 0 Å². The third-order valence-electron chi connectivity index (χ3n) is 1.92. The van der Waals surface area contributed by atoms with Crippen molar-refractivity contribution in [2.24, 2.45) is 0 Å². The summed E-state index contributed by atoms with van der Waals surface area (Å²) in [5.41, 5.74) is 0.591. The molecule has 1 N–H and O–H groups in total. The van der Waals surface area contributed by atoms with Crippen LogP contribution in [0.3, 0.4) is 0 Å². The molecule has 15 heavy (non-hydrogen) atoms.